The molecule has 30 heavy (non-hydrogen) atoms. The second-order valence-electron chi connectivity index (χ2n) is 8.19. The van der Waals surface area contributed by atoms with Crippen LogP contribution in [0.1, 0.15) is 42.4 Å². The lowest BCUT2D eigenvalue weighted by Gasteiger charge is -2.23. The predicted molar refractivity (Wildman–Crippen MR) is 121 cm³/mol. The summed E-state index contributed by atoms with van der Waals surface area (Å²) in [5.74, 6) is 1.38. The molecule has 1 fully saturated rings. The van der Waals surface area contributed by atoms with E-state index in [-0.39, 0.29) is 6.61 Å². The summed E-state index contributed by atoms with van der Waals surface area (Å²) in [7, 11) is 1.65. The van der Waals surface area contributed by atoms with Gasteiger partial charge in [-0.05, 0) is 61.7 Å². The first-order valence-electron chi connectivity index (χ1n) is 11.1. The zero-order valence-corrected chi connectivity index (χ0v) is 18.4. The van der Waals surface area contributed by atoms with E-state index in [0.717, 1.165) is 31.7 Å². The van der Waals surface area contributed by atoms with Crippen LogP contribution in [-0.2, 0) is 13.1 Å². The van der Waals surface area contributed by atoms with Crippen LogP contribution < -0.4 is 14.8 Å². The summed E-state index contributed by atoms with van der Waals surface area (Å²) in [6.45, 7) is 6.81. The third-order valence-corrected chi connectivity index (χ3v) is 5.73. The molecule has 0 spiro atoms. The van der Waals surface area contributed by atoms with Gasteiger partial charge in [-0.15, -0.1) is 0 Å². The maximum atomic E-state index is 10.4. The number of β-amino-alcohol motifs (C(OH)–C–C–N with tert-alkyl or cyclic N) is 1. The number of hydrogen-bond acceptors (Lipinski definition) is 5. The summed E-state index contributed by atoms with van der Waals surface area (Å²) in [5.41, 5.74) is 3.74. The smallest absolute Gasteiger partial charge is 0.161 e. The first kappa shape index (κ1) is 22.6. The number of aryl methyl sites for hydroxylation is 1. The SMILES string of the molecule is COc1cc(CNCc2ccccc2C)ccc1OC[C@@H](O)CN1CCCCCC1. The third kappa shape index (κ3) is 7.01. The molecule has 5 heteroatoms. The number of likely N-dealkylation sites (tertiary alicyclic amines) is 1. The van der Waals surface area contributed by atoms with Gasteiger partial charge in [-0.2, -0.15) is 0 Å². The molecule has 1 aliphatic heterocycles. The van der Waals surface area contributed by atoms with Crippen LogP contribution in [0, 0.1) is 6.92 Å². The Hall–Kier alpha value is -2.08. The van der Waals surface area contributed by atoms with Gasteiger partial charge >= 0.3 is 0 Å². The van der Waals surface area contributed by atoms with E-state index >= 15 is 0 Å². The van der Waals surface area contributed by atoms with Crippen molar-refractivity contribution < 1.29 is 14.6 Å². The van der Waals surface area contributed by atoms with Crippen LogP contribution in [0.2, 0.25) is 0 Å². The average Bonchev–Trinajstić information content (AvgIpc) is 3.02. The molecule has 0 aliphatic carbocycles. The highest BCUT2D eigenvalue weighted by atomic mass is 16.5. The van der Waals surface area contributed by atoms with Crippen molar-refractivity contribution in [2.24, 2.45) is 0 Å². The monoisotopic (exact) mass is 412 g/mol. The largest absolute Gasteiger partial charge is 0.493 e. The topological polar surface area (TPSA) is 54.0 Å². The fourth-order valence-corrected chi connectivity index (χ4v) is 3.95. The highest BCUT2D eigenvalue weighted by Gasteiger charge is 2.15. The van der Waals surface area contributed by atoms with Gasteiger partial charge in [0, 0.05) is 19.6 Å². The van der Waals surface area contributed by atoms with Crippen molar-refractivity contribution in [1.82, 2.24) is 10.2 Å². The highest BCUT2D eigenvalue weighted by Crippen LogP contribution is 2.28. The molecule has 1 atom stereocenters. The van der Waals surface area contributed by atoms with Crippen LogP contribution in [0.4, 0.5) is 0 Å². The van der Waals surface area contributed by atoms with Crippen molar-refractivity contribution in [2.75, 3.05) is 33.4 Å². The molecule has 2 aromatic carbocycles. The molecule has 1 aliphatic rings. The van der Waals surface area contributed by atoms with Gasteiger partial charge in [-0.3, -0.25) is 0 Å². The number of hydrogen-bond donors (Lipinski definition) is 2. The van der Waals surface area contributed by atoms with Crippen LogP contribution in [0.3, 0.4) is 0 Å². The summed E-state index contributed by atoms with van der Waals surface area (Å²) >= 11 is 0. The van der Waals surface area contributed by atoms with Crippen molar-refractivity contribution in [3.8, 4) is 11.5 Å². The normalized spacial score (nSPS) is 16.1. The fraction of sp³-hybridized carbons (Fsp3) is 0.520. The van der Waals surface area contributed by atoms with Crippen LogP contribution in [0.5, 0.6) is 11.5 Å². The highest BCUT2D eigenvalue weighted by molar-refractivity contribution is 5.43. The Kier molecular flexibility index (Phi) is 9.00. The summed E-state index contributed by atoms with van der Waals surface area (Å²) < 4.78 is 11.4. The zero-order valence-electron chi connectivity index (χ0n) is 18.4. The molecule has 1 heterocycles. The first-order valence-corrected chi connectivity index (χ1v) is 11.1. The number of aliphatic hydroxyl groups is 1. The molecule has 0 amide bonds. The van der Waals surface area contributed by atoms with E-state index in [4.69, 9.17) is 9.47 Å². The lowest BCUT2D eigenvalue weighted by Crippen LogP contribution is -2.36. The van der Waals surface area contributed by atoms with Gasteiger partial charge in [0.1, 0.15) is 12.7 Å². The molecule has 2 aromatic rings. The van der Waals surface area contributed by atoms with Crippen LogP contribution >= 0.6 is 0 Å². The summed E-state index contributed by atoms with van der Waals surface area (Å²) in [6, 6.07) is 14.4. The van der Waals surface area contributed by atoms with Gasteiger partial charge in [0.2, 0.25) is 0 Å². The van der Waals surface area contributed by atoms with Gasteiger partial charge in [-0.1, -0.05) is 43.2 Å². The van der Waals surface area contributed by atoms with E-state index in [1.54, 1.807) is 7.11 Å². The molecule has 0 unspecified atom stereocenters. The molecule has 5 nitrogen and oxygen atoms in total. The van der Waals surface area contributed by atoms with Crippen molar-refractivity contribution >= 4 is 0 Å². The fourth-order valence-electron chi connectivity index (χ4n) is 3.95. The second kappa shape index (κ2) is 11.9. The molecule has 164 valence electrons. The Morgan fingerprint density at radius 1 is 1.00 bits per heavy atom. The number of rotatable bonds is 10. The zero-order chi connectivity index (χ0) is 21.2. The Bertz CT molecular complexity index is 773. The third-order valence-electron chi connectivity index (χ3n) is 5.73. The van der Waals surface area contributed by atoms with Gasteiger partial charge < -0.3 is 24.8 Å². The minimum absolute atomic E-state index is 0.276. The van der Waals surface area contributed by atoms with Gasteiger partial charge in [0.05, 0.1) is 7.11 Å². The lowest BCUT2D eigenvalue weighted by molar-refractivity contribution is 0.0683. The van der Waals surface area contributed by atoms with Crippen LogP contribution in [0.25, 0.3) is 0 Å². The minimum Gasteiger partial charge on any atom is -0.493 e. The van der Waals surface area contributed by atoms with E-state index < -0.39 is 6.10 Å². The Morgan fingerprint density at radius 2 is 1.77 bits per heavy atom. The Balaban J connectivity index is 1.47. The van der Waals surface area contributed by atoms with E-state index in [2.05, 4.69) is 41.4 Å². The number of methoxy groups -OCH3 is 1. The molecule has 1 saturated heterocycles. The first-order chi connectivity index (χ1) is 14.7. The molecule has 0 radical (unpaired) electrons. The molecular formula is C25H36N2O3. The standard InChI is InChI=1S/C25H36N2O3/c1-20-9-5-6-10-22(20)17-26-16-21-11-12-24(25(15-21)29-2)30-19-23(28)18-27-13-7-3-4-8-14-27/h5-6,9-12,15,23,26,28H,3-4,7-8,13-14,16-19H2,1-2H3/t23-/m0/s1. The number of ether oxygens (including phenoxy) is 2. The predicted octanol–water partition coefficient (Wildman–Crippen LogP) is 3.91. The Morgan fingerprint density at radius 3 is 2.50 bits per heavy atom. The van der Waals surface area contributed by atoms with Crippen molar-refractivity contribution in [3.05, 3.63) is 59.2 Å². The number of nitrogens with one attached hydrogen (secondary N) is 1. The van der Waals surface area contributed by atoms with Crippen molar-refractivity contribution in [3.63, 3.8) is 0 Å². The average molecular weight is 413 g/mol. The van der Waals surface area contributed by atoms with Gasteiger partial charge in [-0.25, -0.2) is 0 Å². The second-order valence-corrected chi connectivity index (χ2v) is 8.19. The minimum atomic E-state index is -0.497. The Labute approximate surface area is 181 Å². The van der Waals surface area contributed by atoms with Gasteiger partial charge in [0.25, 0.3) is 0 Å². The number of benzene rings is 2. The molecule has 0 saturated carbocycles. The van der Waals surface area contributed by atoms with E-state index in [0.29, 0.717) is 18.0 Å². The maximum absolute atomic E-state index is 10.4. The molecule has 3 rings (SSSR count). The lowest BCUT2D eigenvalue weighted by atomic mass is 10.1. The summed E-state index contributed by atoms with van der Waals surface area (Å²) in [6.07, 6.45) is 4.55. The number of nitrogens with zero attached hydrogens (tertiary/aromatic N) is 1. The summed E-state index contributed by atoms with van der Waals surface area (Å²) in [5, 5.41) is 13.9. The molecular weight excluding hydrogens is 376 g/mol. The quantitative estimate of drug-likeness (QED) is 0.620. The molecule has 0 aromatic heterocycles. The van der Waals surface area contributed by atoms with Crippen LogP contribution in [-0.4, -0.2) is 49.5 Å². The molecule has 2 N–H and O–H groups in total. The van der Waals surface area contributed by atoms with E-state index in [1.165, 1.54) is 36.8 Å². The maximum Gasteiger partial charge on any atom is 0.161 e. The summed E-state index contributed by atoms with van der Waals surface area (Å²) in [4.78, 5) is 2.35. The van der Waals surface area contributed by atoms with Crippen molar-refractivity contribution in [2.45, 2.75) is 51.8 Å². The number of aliphatic hydroxyl groups excluding tert-OH is 1. The van der Waals surface area contributed by atoms with E-state index in [1.807, 2.05) is 18.2 Å². The molecule has 0 bridgehead atoms. The van der Waals surface area contributed by atoms with Crippen molar-refractivity contribution in [1.29, 1.82) is 0 Å². The van der Waals surface area contributed by atoms with E-state index in [9.17, 15) is 5.11 Å². The van der Waals surface area contributed by atoms with Gasteiger partial charge in [0.15, 0.2) is 11.5 Å². The van der Waals surface area contributed by atoms with Crippen LogP contribution in [0.15, 0.2) is 42.5 Å².